The number of thiophene rings is 1. The Hall–Kier alpha value is -2.46. The van der Waals surface area contributed by atoms with Gasteiger partial charge < -0.3 is 4.74 Å². The zero-order valence-corrected chi connectivity index (χ0v) is 14.2. The summed E-state index contributed by atoms with van der Waals surface area (Å²) in [4.78, 5) is 22.1. The molecule has 2 rings (SSSR count). The molecule has 24 heavy (non-hydrogen) atoms. The number of esters is 1. The van der Waals surface area contributed by atoms with Gasteiger partial charge in [-0.05, 0) is 24.4 Å². The standard InChI is InChI=1S/C14H14N2O6S2/c1-2-22-13(17)10-15(24(20,21)14-7-4-8-23-14)11-5-3-6-12(9-11)16(18)19/h3-9H,2,10H2,1H3. The second-order valence-electron chi connectivity index (χ2n) is 4.53. The van der Waals surface area contributed by atoms with Gasteiger partial charge in [0, 0.05) is 12.1 Å². The summed E-state index contributed by atoms with van der Waals surface area (Å²) in [5.74, 6) is -0.746. The number of anilines is 1. The number of benzene rings is 1. The third-order valence-electron chi connectivity index (χ3n) is 2.95. The van der Waals surface area contributed by atoms with Gasteiger partial charge in [-0.3, -0.25) is 19.2 Å². The molecule has 8 nitrogen and oxygen atoms in total. The first-order valence-corrected chi connectivity index (χ1v) is 9.14. The molecule has 1 aromatic heterocycles. The van der Waals surface area contributed by atoms with Gasteiger partial charge in [0.1, 0.15) is 10.8 Å². The molecular formula is C14H14N2O6S2. The van der Waals surface area contributed by atoms with E-state index in [1.54, 1.807) is 18.4 Å². The van der Waals surface area contributed by atoms with Crippen LogP contribution >= 0.6 is 11.3 Å². The molecule has 2 aromatic rings. The van der Waals surface area contributed by atoms with Gasteiger partial charge >= 0.3 is 5.97 Å². The quantitative estimate of drug-likeness (QED) is 0.421. The van der Waals surface area contributed by atoms with Gasteiger partial charge in [0.25, 0.3) is 15.7 Å². The lowest BCUT2D eigenvalue weighted by atomic mass is 10.3. The maximum Gasteiger partial charge on any atom is 0.326 e. The first kappa shape index (κ1) is 17.9. The number of non-ortho nitro benzene ring substituents is 1. The minimum absolute atomic E-state index is 0.0191. The van der Waals surface area contributed by atoms with E-state index in [2.05, 4.69) is 0 Å². The summed E-state index contributed by atoms with van der Waals surface area (Å²) in [6.45, 7) is 1.12. The van der Waals surface area contributed by atoms with E-state index in [9.17, 15) is 23.3 Å². The lowest BCUT2D eigenvalue weighted by Gasteiger charge is -2.22. The highest BCUT2D eigenvalue weighted by molar-refractivity contribution is 7.94. The summed E-state index contributed by atoms with van der Waals surface area (Å²) in [6.07, 6.45) is 0. The Kier molecular flexibility index (Phi) is 5.52. The summed E-state index contributed by atoms with van der Waals surface area (Å²) in [6, 6.07) is 8.05. The van der Waals surface area contributed by atoms with Crippen molar-refractivity contribution in [2.45, 2.75) is 11.1 Å². The summed E-state index contributed by atoms with van der Waals surface area (Å²) in [5.41, 5.74) is -0.256. The van der Waals surface area contributed by atoms with Crippen LogP contribution in [0.25, 0.3) is 0 Å². The second-order valence-corrected chi connectivity index (χ2v) is 7.56. The summed E-state index contributed by atoms with van der Waals surface area (Å²) >= 11 is 0.988. The van der Waals surface area contributed by atoms with Crippen LogP contribution in [0.1, 0.15) is 6.92 Å². The maximum absolute atomic E-state index is 12.8. The number of hydrogen-bond donors (Lipinski definition) is 0. The number of hydrogen-bond acceptors (Lipinski definition) is 7. The zero-order valence-electron chi connectivity index (χ0n) is 12.6. The van der Waals surface area contributed by atoms with Crippen LogP contribution in [0.2, 0.25) is 0 Å². The second kappa shape index (κ2) is 7.41. The molecule has 0 amide bonds. The van der Waals surface area contributed by atoms with Crippen LogP contribution < -0.4 is 4.31 Å². The predicted molar refractivity (Wildman–Crippen MR) is 88.6 cm³/mol. The smallest absolute Gasteiger partial charge is 0.326 e. The van der Waals surface area contributed by atoms with Crippen molar-refractivity contribution in [1.29, 1.82) is 0 Å². The van der Waals surface area contributed by atoms with Crippen LogP contribution in [0.5, 0.6) is 0 Å². The molecule has 1 heterocycles. The van der Waals surface area contributed by atoms with E-state index in [-0.39, 0.29) is 22.2 Å². The lowest BCUT2D eigenvalue weighted by Crippen LogP contribution is -2.36. The van der Waals surface area contributed by atoms with E-state index in [4.69, 9.17) is 4.74 Å². The number of sulfonamides is 1. The van der Waals surface area contributed by atoms with Gasteiger partial charge in [0.15, 0.2) is 0 Å². The number of nitro benzene ring substituents is 1. The number of nitro groups is 1. The Balaban J connectivity index is 2.49. The minimum Gasteiger partial charge on any atom is -0.465 e. The average molecular weight is 370 g/mol. The molecule has 0 aliphatic heterocycles. The number of ether oxygens (including phenoxy) is 1. The van der Waals surface area contributed by atoms with Crippen molar-refractivity contribution in [2.75, 3.05) is 17.5 Å². The summed E-state index contributed by atoms with van der Waals surface area (Å²) < 4.78 is 31.2. The molecule has 0 saturated carbocycles. The van der Waals surface area contributed by atoms with E-state index in [0.29, 0.717) is 0 Å². The highest BCUT2D eigenvalue weighted by Gasteiger charge is 2.29. The lowest BCUT2D eigenvalue weighted by molar-refractivity contribution is -0.384. The van der Waals surface area contributed by atoms with Crippen LogP contribution in [-0.4, -0.2) is 32.5 Å². The van der Waals surface area contributed by atoms with Gasteiger partial charge in [-0.15, -0.1) is 11.3 Å². The molecule has 1 aromatic carbocycles. The number of nitrogens with zero attached hydrogens (tertiary/aromatic N) is 2. The molecule has 0 saturated heterocycles. The van der Waals surface area contributed by atoms with E-state index in [0.717, 1.165) is 21.7 Å². The van der Waals surface area contributed by atoms with Crippen molar-refractivity contribution in [3.05, 3.63) is 51.9 Å². The SMILES string of the molecule is CCOC(=O)CN(c1cccc([N+](=O)[O-])c1)S(=O)(=O)c1cccs1. The molecule has 0 N–H and O–H groups in total. The van der Waals surface area contributed by atoms with Crippen molar-refractivity contribution < 1.29 is 22.9 Å². The Labute approximate surface area is 142 Å². The van der Waals surface area contributed by atoms with Crippen LogP contribution in [0.15, 0.2) is 46.0 Å². The highest BCUT2D eigenvalue weighted by atomic mass is 32.2. The van der Waals surface area contributed by atoms with Gasteiger partial charge in [-0.25, -0.2) is 8.42 Å². The first-order chi connectivity index (χ1) is 11.4. The number of carbonyl (C=O) groups is 1. The molecule has 0 unspecified atom stereocenters. The zero-order chi connectivity index (χ0) is 17.7. The van der Waals surface area contributed by atoms with E-state index < -0.39 is 27.5 Å². The molecular weight excluding hydrogens is 356 g/mol. The van der Waals surface area contributed by atoms with Crippen molar-refractivity contribution in [2.24, 2.45) is 0 Å². The summed E-state index contributed by atoms with van der Waals surface area (Å²) in [5, 5.41) is 12.5. The molecule has 0 fully saturated rings. The largest absolute Gasteiger partial charge is 0.465 e. The molecule has 0 bridgehead atoms. The fourth-order valence-electron chi connectivity index (χ4n) is 1.92. The van der Waals surface area contributed by atoms with Crippen molar-refractivity contribution in [3.8, 4) is 0 Å². The molecule has 0 radical (unpaired) electrons. The van der Waals surface area contributed by atoms with E-state index >= 15 is 0 Å². The Morgan fingerprint density at radius 1 is 1.33 bits per heavy atom. The van der Waals surface area contributed by atoms with E-state index in [1.165, 1.54) is 24.3 Å². The third-order valence-corrected chi connectivity index (χ3v) is 6.09. The number of carbonyl (C=O) groups excluding carboxylic acids is 1. The molecule has 0 aliphatic rings. The van der Waals surface area contributed by atoms with Gasteiger partial charge in [0.05, 0.1) is 17.2 Å². The average Bonchev–Trinajstić information content (AvgIpc) is 3.08. The number of rotatable bonds is 7. The normalized spacial score (nSPS) is 11.0. The van der Waals surface area contributed by atoms with Crippen LogP contribution in [0, 0.1) is 10.1 Å². The van der Waals surface area contributed by atoms with E-state index in [1.807, 2.05) is 0 Å². The Morgan fingerprint density at radius 3 is 2.67 bits per heavy atom. The third kappa shape index (κ3) is 3.89. The molecule has 0 aliphatic carbocycles. The molecule has 0 atom stereocenters. The van der Waals surface area contributed by atoms with Crippen molar-refractivity contribution in [3.63, 3.8) is 0 Å². The summed E-state index contributed by atoms with van der Waals surface area (Å²) in [7, 11) is -4.04. The topological polar surface area (TPSA) is 107 Å². The van der Waals surface area contributed by atoms with Gasteiger partial charge in [-0.1, -0.05) is 12.1 Å². The molecule has 0 spiro atoms. The van der Waals surface area contributed by atoms with Crippen molar-refractivity contribution >= 4 is 38.7 Å². The minimum atomic E-state index is -4.04. The maximum atomic E-state index is 12.8. The van der Waals surface area contributed by atoms with Crippen LogP contribution in [-0.2, 0) is 19.6 Å². The Bertz CT molecular complexity index is 833. The molecule has 128 valence electrons. The monoisotopic (exact) mass is 370 g/mol. The molecule has 10 heteroatoms. The highest BCUT2D eigenvalue weighted by Crippen LogP contribution is 2.28. The van der Waals surface area contributed by atoms with Crippen LogP contribution in [0.3, 0.4) is 0 Å². The van der Waals surface area contributed by atoms with Crippen LogP contribution in [0.4, 0.5) is 11.4 Å². The fourth-order valence-corrected chi connectivity index (χ4v) is 4.43. The fraction of sp³-hybridized carbons (Fsp3) is 0.214. The van der Waals surface area contributed by atoms with Gasteiger partial charge in [-0.2, -0.15) is 0 Å². The van der Waals surface area contributed by atoms with Gasteiger partial charge in [0.2, 0.25) is 0 Å². The van der Waals surface area contributed by atoms with Crippen molar-refractivity contribution in [1.82, 2.24) is 0 Å². The Morgan fingerprint density at radius 2 is 2.08 bits per heavy atom. The first-order valence-electron chi connectivity index (χ1n) is 6.82. The predicted octanol–water partition coefficient (Wildman–Crippen LogP) is 2.41.